The van der Waals surface area contributed by atoms with E-state index in [9.17, 15) is 14.7 Å². The maximum atomic E-state index is 13.2. The Morgan fingerprint density at radius 3 is 2.43 bits per heavy atom. The molecule has 4 aromatic rings. The van der Waals surface area contributed by atoms with E-state index in [1.54, 1.807) is 49.4 Å². The first kappa shape index (κ1) is 18.4. The second-order valence-electron chi connectivity index (χ2n) is 6.30. The van der Waals surface area contributed by atoms with Crippen LogP contribution in [0.2, 0.25) is 10.0 Å². The average Bonchev–Trinajstić information content (AvgIpc) is 2.65. The maximum Gasteiger partial charge on any atom is 0.323 e. The van der Waals surface area contributed by atoms with Crippen LogP contribution in [0.4, 0.5) is 0 Å². The molecule has 2 aromatic heterocycles. The Morgan fingerprint density at radius 2 is 1.75 bits per heavy atom. The zero-order valence-corrected chi connectivity index (χ0v) is 16.1. The van der Waals surface area contributed by atoms with Gasteiger partial charge >= 0.3 is 5.97 Å². The predicted octanol–water partition coefficient (Wildman–Crippen LogP) is 4.31. The summed E-state index contributed by atoms with van der Waals surface area (Å²) in [6.45, 7) is 1.12. The lowest BCUT2D eigenvalue weighted by Gasteiger charge is -2.13. The number of pyridine rings is 1. The number of aromatic nitrogens is 3. The van der Waals surface area contributed by atoms with E-state index < -0.39 is 18.1 Å². The minimum atomic E-state index is -1.12. The summed E-state index contributed by atoms with van der Waals surface area (Å²) in [6, 6.07) is 12.1. The Hall–Kier alpha value is -2.96. The fourth-order valence-electron chi connectivity index (χ4n) is 3.19. The molecule has 0 spiro atoms. The molecule has 6 nitrogen and oxygen atoms in total. The number of fused-ring (bicyclic) bond motifs is 3. The number of rotatable bonds is 3. The van der Waals surface area contributed by atoms with E-state index in [0.29, 0.717) is 38.0 Å². The molecule has 2 aromatic carbocycles. The molecule has 0 atom stereocenters. The molecule has 0 amide bonds. The number of aliphatic carboxylic acids is 1. The first-order valence-electron chi connectivity index (χ1n) is 8.33. The zero-order valence-electron chi connectivity index (χ0n) is 14.6. The van der Waals surface area contributed by atoms with Crippen molar-refractivity contribution in [3.05, 3.63) is 68.7 Å². The van der Waals surface area contributed by atoms with Crippen molar-refractivity contribution >= 4 is 51.0 Å². The van der Waals surface area contributed by atoms with Crippen LogP contribution in [-0.2, 0) is 11.3 Å². The third kappa shape index (κ3) is 3.10. The maximum absolute atomic E-state index is 13.2. The van der Waals surface area contributed by atoms with Crippen molar-refractivity contribution in [2.24, 2.45) is 0 Å². The Bertz CT molecular complexity index is 1310. The van der Waals surface area contributed by atoms with Crippen LogP contribution in [0.25, 0.3) is 33.1 Å². The molecule has 0 saturated heterocycles. The van der Waals surface area contributed by atoms with Gasteiger partial charge in [-0.25, -0.2) is 9.97 Å². The number of hydrogen-bond acceptors (Lipinski definition) is 4. The molecule has 4 rings (SSSR count). The summed E-state index contributed by atoms with van der Waals surface area (Å²) in [5.74, 6) is -0.834. The molecule has 0 saturated carbocycles. The molecule has 0 aliphatic rings. The largest absolute Gasteiger partial charge is 0.480 e. The van der Waals surface area contributed by atoms with Crippen molar-refractivity contribution in [2.45, 2.75) is 13.5 Å². The summed E-state index contributed by atoms with van der Waals surface area (Å²) < 4.78 is 1.14. The standard InChI is InChI=1S/C20H13Cl2N3O3/c1-10-23-19-17(20(28)25(10)9-16(26)27)14-8-13(22)6-7-15(14)24-18(19)11-2-4-12(21)5-3-11/h2-8H,9H2,1H3,(H,26,27). The number of benzene rings is 2. The van der Waals surface area contributed by atoms with Crippen molar-refractivity contribution in [2.75, 3.05) is 0 Å². The molecule has 1 N–H and O–H groups in total. The van der Waals surface area contributed by atoms with Crippen molar-refractivity contribution in [3.8, 4) is 11.3 Å². The first-order valence-corrected chi connectivity index (χ1v) is 9.09. The Kier molecular flexibility index (Phi) is 4.53. The van der Waals surface area contributed by atoms with Gasteiger partial charge in [0.25, 0.3) is 5.56 Å². The highest BCUT2D eigenvalue weighted by Gasteiger charge is 2.19. The van der Waals surface area contributed by atoms with E-state index in [1.807, 2.05) is 0 Å². The van der Waals surface area contributed by atoms with E-state index in [2.05, 4.69) is 9.97 Å². The number of halogens is 2. The van der Waals surface area contributed by atoms with Gasteiger partial charge in [0.2, 0.25) is 0 Å². The number of hydrogen-bond donors (Lipinski definition) is 1. The number of carbonyl (C=O) groups is 1. The summed E-state index contributed by atoms with van der Waals surface area (Å²) in [6.07, 6.45) is 0. The quantitative estimate of drug-likeness (QED) is 0.505. The molecule has 0 aliphatic heterocycles. The average molecular weight is 414 g/mol. The lowest BCUT2D eigenvalue weighted by Crippen LogP contribution is -2.27. The van der Waals surface area contributed by atoms with Gasteiger partial charge in [0.05, 0.1) is 16.6 Å². The van der Waals surface area contributed by atoms with Gasteiger partial charge in [-0.15, -0.1) is 0 Å². The van der Waals surface area contributed by atoms with Gasteiger partial charge in [0, 0.05) is 21.0 Å². The van der Waals surface area contributed by atoms with Gasteiger partial charge in [0.15, 0.2) is 0 Å². The zero-order chi connectivity index (χ0) is 20.0. The molecule has 0 radical (unpaired) electrons. The topological polar surface area (TPSA) is 85.1 Å². The molecular weight excluding hydrogens is 401 g/mol. The Balaban J connectivity index is 2.19. The normalized spacial score (nSPS) is 11.2. The molecule has 0 unspecified atom stereocenters. The third-order valence-corrected chi connectivity index (χ3v) is 4.94. The molecule has 140 valence electrons. The summed E-state index contributed by atoms with van der Waals surface area (Å²) in [4.78, 5) is 33.6. The van der Waals surface area contributed by atoms with Crippen LogP contribution in [-0.4, -0.2) is 25.6 Å². The minimum Gasteiger partial charge on any atom is -0.480 e. The van der Waals surface area contributed by atoms with E-state index in [-0.39, 0.29) is 5.39 Å². The van der Waals surface area contributed by atoms with Crippen molar-refractivity contribution in [3.63, 3.8) is 0 Å². The third-order valence-electron chi connectivity index (χ3n) is 4.46. The van der Waals surface area contributed by atoms with Crippen LogP contribution in [0.15, 0.2) is 47.3 Å². The lowest BCUT2D eigenvalue weighted by molar-refractivity contribution is -0.137. The van der Waals surface area contributed by atoms with Crippen molar-refractivity contribution < 1.29 is 9.90 Å². The fraction of sp³-hybridized carbons (Fsp3) is 0.100. The Morgan fingerprint density at radius 1 is 1.07 bits per heavy atom. The van der Waals surface area contributed by atoms with Gasteiger partial charge in [0.1, 0.15) is 17.9 Å². The number of carboxylic acids is 1. The van der Waals surface area contributed by atoms with E-state index >= 15 is 0 Å². The van der Waals surface area contributed by atoms with E-state index in [4.69, 9.17) is 23.2 Å². The van der Waals surface area contributed by atoms with E-state index in [1.165, 1.54) is 0 Å². The summed E-state index contributed by atoms with van der Waals surface area (Å²) >= 11 is 12.1. The highest BCUT2D eigenvalue weighted by Crippen LogP contribution is 2.31. The van der Waals surface area contributed by atoms with Crippen LogP contribution in [0.5, 0.6) is 0 Å². The van der Waals surface area contributed by atoms with Gasteiger partial charge in [-0.3, -0.25) is 14.2 Å². The molecule has 0 aliphatic carbocycles. The van der Waals surface area contributed by atoms with Crippen molar-refractivity contribution in [1.82, 2.24) is 14.5 Å². The van der Waals surface area contributed by atoms with Gasteiger partial charge < -0.3 is 5.11 Å². The van der Waals surface area contributed by atoms with Crippen LogP contribution in [0.1, 0.15) is 5.82 Å². The van der Waals surface area contributed by atoms with Gasteiger partial charge in [-0.2, -0.15) is 0 Å². The second kappa shape index (κ2) is 6.89. The summed E-state index contributed by atoms with van der Waals surface area (Å²) in [5, 5.41) is 11.0. The van der Waals surface area contributed by atoms with Crippen LogP contribution >= 0.6 is 23.2 Å². The fourth-order valence-corrected chi connectivity index (χ4v) is 3.48. The van der Waals surface area contributed by atoms with Gasteiger partial charge in [-0.05, 0) is 37.3 Å². The SMILES string of the molecule is Cc1nc2c(-c3ccc(Cl)cc3)nc3ccc(Cl)cc3c2c(=O)n1CC(=O)O. The second-order valence-corrected chi connectivity index (χ2v) is 7.17. The highest BCUT2D eigenvalue weighted by molar-refractivity contribution is 6.32. The molecule has 8 heteroatoms. The number of aryl methyl sites for hydroxylation is 1. The molecule has 0 fully saturated rings. The van der Waals surface area contributed by atoms with Crippen molar-refractivity contribution in [1.29, 1.82) is 0 Å². The molecule has 2 heterocycles. The van der Waals surface area contributed by atoms with Crippen LogP contribution in [0, 0.1) is 6.92 Å². The number of nitrogens with zero attached hydrogens (tertiary/aromatic N) is 3. The van der Waals surface area contributed by atoms with Gasteiger partial charge in [-0.1, -0.05) is 35.3 Å². The lowest BCUT2D eigenvalue weighted by atomic mass is 10.0. The summed E-state index contributed by atoms with van der Waals surface area (Å²) in [5.41, 5.74) is 1.76. The first-order chi connectivity index (χ1) is 13.3. The smallest absolute Gasteiger partial charge is 0.323 e. The monoisotopic (exact) mass is 413 g/mol. The molecule has 28 heavy (non-hydrogen) atoms. The number of carboxylic acid groups (broad SMARTS) is 1. The van der Waals surface area contributed by atoms with Crippen LogP contribution < -0.4 is 5.56 Å². The predicted molar refractivity (Wildman–Crippen MR) is 109 cm³/mol. The Labute approximate surface area is 169 Å². The summed E-state index contributed by atoms with van der Waals surface area (Å²) in [7, 11) is 0. The minimum absolute atomic E-state index is 0.282. The van der Waals surface area contributed by atoms with Crippen LogP contribution in [0.3, 0.4) is 0 Å². The van der Waals surface area contributed by atoms with E-state index in [0.717, 1.165) is 10.1 Å². The molecule has 0 bridgehead atoms. The molecular formula is C20H13Cl2N3O3. The highest BCUT2D eigenvalue weighted by atomic mass is 35.5.